The molecular weight excluding hydrogens is 397 g/mol. The van der Waals surface area contributed by atoms with Crippen LogP contribution in [0.1, 0.15) is 36.8 Å². The van der Waals surface area contributed by atoms with E-state index in [2.05, 4.69) is 20.4 Å². The first-order chi connectivity index (χ1) is 14.3. The molecule has 1 aromatic carbocycles. The van der Waals surface area contributed by atoms with E-state index in [4.69, 9.17) is 0 Å². The molecule has 6 nitrogen and oxygen atoms in total. The summed E-state index contributed by atoms with van der Waals surface area (Å²) in [6, 6.07) is 6.18. The smallest absolute Gasteiger partial charge is 0.416 e. The Bertz CT molecular complexity index is 881. The number of piperidine rings is 1. The zero-order valence-electron chi connectivity index (χ0n) is 16.7. The van der Waals surface area contributed by atoms with Gasteiger partial charge in [0.1, 0.15) is 11.6 Å². The van der Waals surface area contributed by atoms with E-state index in [1.54, 1.807) is 12.1 Å². The molecule has 0 aliphatic carbocycles. The van der Waals surface area contributed by atoms with Crippen molar-refractivity contribution in [3.05, 3.63) is 35.4 Å². The highest BCUT2D eigenvalue weighted by Crippen LogP contribution is 2.39. The predicted octanol–water partition coefficient (Wildman–Crippen LogP) is 3.58. The van der Waals surface area contributed by atoms with Crippen molar-refractivity contribution in [2.45, 2.75) is 56.9 Å². The largest absolute Gasteiger partial charge is 0.507 e. The average molecular weight is 422 g/mol. The molecule has 2 bridgehead atoms. The van der Waals surface area contributed by atoms with Gasteiger partial charge in [-0.2, -0.15) is 13.2 Å². The van der Waals surface area contributed by atoms with Crippen LogP contribution >= 0.6 is 0 Å². The van der Waals surface area contributed by atoms with Crippen molar-refractivity contribution in [1.82, 2.24) is 15.1 Å². The number of alkyl halides is 3. The minimum atomic E-state index is -4.52. The molecular formula is C21H25F3N4O2. The number of benzene rings is 1. The first-order valence-corrected chi connectivity index (χ1v) is 10.2. The summed E-state index contributed by atoms with van der Waals surface area (Å²) in [5.41, 5.74) is -0.0587. The molecule has 9 heteroatoms. The van der Waals surface area contributed by atoms with Crippen molar-refractivity contribution < 1.29 is 23.4 Å². The lowest BCUT2D eigenvalue weighted by atomic mass is 9.97. The highest BCUT2D eigenvalue weighted by molar-refractivity contribution is 5.71. The molecule has 0 spiro atoms. The van der Waals surface area contributed by atoms with Crippen LogP contribution in [0.2, 0.25) is 0 Å². The topological polar surface area (TPSA) is 81.5 Å². The number of hydrogen-bond donors (Lipinski definition) is 3. The Kier molecular flexibility index (Phi) is 5.59. The van der Waals surface area contributed by atoms with E-state index in [9.17, 15) is 23.4 Å². The molecule has 30 heavy (non-hydrogen) atoms. The van der Waals surface area contributed by atoms with Crippen LogP contribution in [0.15, 0.2) is 24.3 Å². The van der Waals surface area contributed by atoms with E-state index in [-0.39, 0.29) is 23.8 Å². The lowest BCUT2D eigenvalue weighted by molar-refractivity contribution is -0.137. The van der Waals surface area contributed by atoms with E-state index in [0.717, 1.165) is 31.7 Å². The standard InChI is InChI=1S/C21H25F3N4O2/c1-12-10-13(21(22,23)24)11-18(30)20(12)16-5-7-19(27-26-16)25-15-4-2-14-3-6-17(15)28(14)8-9-29/h5,7,10-11,14-15,17,29-30H,2-4,6,8-9H2,1H3,(H,25,27). The molecule has 3 heterocycles. The van der Waals surface area contributed by atoms with Crippen LogP contribution in [-0.4, -0.2) is 56.6 Å². The van der Waals surface area contributed by atoms with Crippen LogP contribution in [0.4, 0.5) is 19.0 Å². The summed E-state index contributed by atoms with van der Waals surface area (Å²) in [5.74, 6) is 0.114. The van der Waals surface area contributed by atoms with Gasteiger partial charge in [-0.05, 0) is 62.4 Å². The number of hydrogen-bond acceptors (Lipinski definition) is 6. The van der Waals surface area contributed by atoms with E-state index in [0.29, 0.717) is 36.2 Å². The van der Waals surface area contributed by atoms with Crippen molar-refractivity contribution in [3.8, 4) is 17.0 Å². The Hall–Kier alpha value is -2.39. The fourth-order valence-corrected chi connectivity index (χ4v) is 4.90. The number of aliphatic hydroxyl groups is 1. The van der Waals surface area contributed by atoms with Crippen LogP contribution in [0.5, 0.6) is 5.75 Å². The first-order valence-electron chi connectivity index (χ1n) is 10.2. The molecule has 2 saturated heterocycles. The Morgan fingerprint density at radius 1 is 1.13 bits per heavy atom. The molecule has 0 amide bonds. The quantitative estimate of drug-likeness (QED) is 0.684. The normalized spacial score (nSPS) is 24.2. The minimum absolute atomic E-state index is 0.143. The van der Waals surface area contributed by atoms with Crippen molar-refractivity contribution in [1.29, 1.82) is 0 Å². The number of nitrogens with one attached hydrogen (secondary N) is 1. The van der Waals surface area contributed by atoms with Crippen LogP contribution in [0.25, 0.3) is 11.3 Å². The van der Waals surface area contributed by atoms with Gasteiger partial charge >= 0.3 is 6.18 Å². The number of halogens is 3. The summed E-state index contributed by atoms with van der Waals surface area (Å²) in [4.78, 5) is 2.37. The minimum Gasteiger partial charge on any atom is -0.507 e. The fourth-order valence-electron chi connectivity index (χ4n) is 4.90. The number of phenols is 1. The first kappa shape index (κ1) is 20.9. The van der Waals surface area contributed by atoms with Gasteiger partial charge in [-0.1, -0.05) is 0 Å². The van der Waals surface area contributed by atoms with Gasteiger partial charge in [-0.3, -0.25) is 4.90 Å². The molecule has 2 fully saturated rings. The number of aryl methyl sites for hydroxylation is 1. The van der Waals surface area contributed by atoms with E-state index >= 15 is 0 Å². The Labute approximate surface area is 172 Å². The Morgan fingerprint density at radius 2 is 1.90 bits per heavy atom. The van der Waals surface area contributed by atoms with Crippen molar-refractivity contribution in [3.63, 3.8) is 0 Å². The average Bonchev–Trinajstić information content (AvgIpc) is 2.96. The maximum atomic E-state index is 12.9. The maximum absolute atomic E-state index is 12.9. The zero-order valence-corrected chi connectivity index (χ0v) is 16.7. The number of aromatic nitrogens is 2. The second-order valence-electron chi connectivity index (χ2n) is 8.08. The molecule has 2 aliphatic heterocycles. The third kappa shape index (κ3) is 3.96. The summed E-state index contributed by atoms with van der Waals surface area (Å²) in [6.45, 7) is 2.32. The van der Waals surface area contributed by atoms with Gasteiger partial charge < -0.3 is 15.5 Å². The van der Waals surface area contributed by atoms with Crippen molar-refractivity contribution in [2.24, 2.45) is 0 Å². The van der Waals surface area contributed by atoms with Gasteiger partial charge in [0.15, 0.2) is 0 Å². The lowest BCUT2D eigenvalue weighted by Crippen LogP contribution is -2.51. The fraction of sp³-hybridized carbons (Fsp3) is 0.524. The third-order valence-corrected chi connectivity index (χ3v) is 6.22. The molecule has 3 atom stereocenters. The van der Waals surface area contributed by atoms with Gasteiger partial charge in [0.05, 0.1) is 17.9 Å². The second-order valence-corrected chi connectivity index (χ2v) is 8.08. The molecule has 2 aromatic rings. The van der Waals surface area contributed by atoms with Crippen LogP contribution in [-0.2, 0) is 6.18 Å². The number of nitrogens with zero attached hydrogens (tertiary/aromatic N) is 3. The molecule has 0 radical (unpaired) electrons. The summed E-state index contributed by atoms with van der Waals surface area (Å²) < 4.78 is 38.8. The molecule has 3 unspecified atom stereocenters. The van der Waals surface area contributed by atoms with Crippen molar-refractivity contribution >= 4 is 5.82 Å². The van der Waals surface area contributed by atoms with Crippen LogP contribution in [0.3, 0.4) is 0 Å². The number of anilines is 1. The molecule has 1 aromatic heterocycles. The third-order valence-electron chi connectivity index (χ3n) is 6.22. The molecule has 4 rings (SSSR count). The van der Waals surface area contributed by atoms with E-state index in [1.165, 1.54) is 6.92 Å². The van der Waals surface area contributed by atoms with Gasteiger partial charge in [0.25, 0.3) is 0 Å². The molecule has 162 valence electrons. The Morgan fingerprint density at radius 3 is 2.53 bits per heavy atom. The van der Waals surface area contributed by atoms with Gasteiger partial charge in [-0.25, -0.2) is 0 Å². The maximum Gasteiger partial charge on any atom is 0.416 e. The van der Waals surface area contributed by atoms with Crippen molar-refractivity contribution in [2.75, 3.05) is 18.5 Å². The van der Waals surface area contributed by atoms with Gasteiger partial charge in [0, 0.05) is 30.2 Å². The molecule has 2 aliphatic rings. The summed E-state index contributed by atoms with van der Waals surface area (Å²) in [7, 11) is 0. The van der Waals surface area contributed by atoms with Gasteiger partial charge in [0.2, 0.25) is 0 Å². The molecule has 3 N–H and O–H groups in total. The highest BCUT2D eigenvalue weighted by atomic mass is 19.4. The predicted molar refractivity (Wildman–Crippen MR) is 106 cm³/mol. The van der Waals surface area contributed by atoms with Crippen LogP contribution < -0.4 is 5.32 Å². The van der Waals surface area contributed by atoms with E-state index in [1.807, 2.05) is 0 Å². The summed E-state index contributed by atoms with van der Waals surface area (Å²) in [6.07, 6.45) is -0.229. The second kappa shape index (κ2) is 8.03. The number of phenolic OH excluding ortho intramolecular Hbond substituents is 1. The SMILES string of the molecule is Cc1cc(C(F)(F)F)cc(O)c1-c1ccc(NC2CCC3CCC2N3CCO)nn1. The lowest BCUT2D eigenvalue weighted by Gasteiger charge is -2.40. The summed E-state index contributed by atoms with van der Waals surface area (Å²) in [5, 5.41) is 31.3. The Balaban J connectivity index is 1.51. The zero-order chi connectivity index (χ0) is 21.5. The number of aliphatic hydroxyl groups excluding tert-OH is 1. The number of rotatable bonds is 5. The molecule has 0 saturated carbocycles. The van der Waals surface area contributed by atoms with Gasteiger partial charge in [-0.15, -0.1) is 10.2 Å². The monoisotopic (exact) mass is 422 g/mol. The number of fused-ring (bicyclic) bond motifs is 2. The number of aromatic hydroxyl groups is 1. The van der Waals surface area contributed by atoms with E-state index < -0.39 is 17.5 Å². The summed E-state index contributed by atoms with van der Waals surface area (Å²) >= 11 is 0. The van der Waals surface area contributed by atoms with Crippen LogP contribution in [0, 0.1) is 6.92 Å². The highest BCUT2D eigenvalue weighted by Gasteiger charge is 2.42.